The van der Waals surface area contributed by atoms with Crippen LogP contribution in [0.25, 0.3) is 4.91 Å². The van der Waals surface area contributed by atoms with Gasteiger partial charge in [-0.3, -0.25) is 0 Å². The molecule has 0 atom stereocenters. The first kappa shape index (κ1) is 19.6. The molecule has 1 aromatic rings. The molecule has 0 radical (unpaired) electrons. The second-order valence-corrected chi connectivity index (χ2v) is 10.2. The molecule has 0 saturated carbocycles. The van der Waals surface area contributed by atoms with Gasteiger partial charge in [-0.05, 0) is 30.7 Å². The number of hydrogen-bond acceptors (Lipinski definition) is 2. The number of halogens is 1. The van der Waals surface area contributed by atoms with Crippen molar-refractivity contribution in [3.63, 3.8) is 0 Å². The summed E-state index contributed by atoms with van der Waals surface area (Å²) in [6.45, 7) is 4.61. The van der Waals surface area contributed by atoms with Crippen LogP contribution in [0.15, 0.2) is 22.0 Å². The van der Waals surface area contributed by atoms with Crippen LogP contribution in [-0.2, 0) is 0 Å². The highest BCUT2D eigenvalue weighted by Gasteiger charge is 2.38. The van der Waals surface area contributed by atoms with Crippen LogP contribution in [0.1, 0.15) is 89.4 Å². The number of unbranched alkanes of at least 4 members (excludes halogenated alkanes) is 6. The fourth-order valence-electron chi connectivity index (χ4n) is 3.41. The van der Waals surface area contributed by atoms with Crippen LogP contribution >= 0.6 is 39.0 Å². The molecule has 23 heavy (non-hydrogen) atoms. The molecule has 0 N–H and O–H groups in total. The number of thioether (sulfide) groups is 1. The lowest BCUT2D eigenvalue weighted by molar-refractivity contribution is 0.453. The molecule has 0 aromatic carbocycles. The van der Waals surface area contributed by atoms with E-state index in [1.165, 1.54) is 84.9 Å². The van der Waals surface area contributed by atoms with Gasteiger partial charge < -0.3 is 0 Å². The molecule has 0 fully saturated rings. The van der Waals surface area contributed by atoms with Crippen LogP contribution in [0.2, 0.25) is 0 Å². The van der Waals surface area contributed by atoms with Gasteiger partial charge in [0.05, 0.1) is 0 Å². The van der Waals surface area contributed by atoms with Crippen LogP contribution in [0, 0.1) is 0 Å². The van der Waals surface area contributed by atoms with Crippen molar-refractivity contribution in [1.82, 2.24) is 0 Å². The van der Waals surface area contributed by atoms with Gasteiger partial charge in [0, 0.05) is 19.0 Å². The van der Waals surface area contributed by atoms with Crippen LogP contribution in [0.3, 0.4) is 0 Å². The Labute approximate surface area is 159 Å². The van der Waals surface area contributed by atoms with Crippen molar-refractivity contribution in [3.8, 4) is 0 Å². The number of rotatable bonds is 11. The van der Waals surface area contributed by atoms with E-state index in [0.717, 1.165) is 0 Å². The molecule has 2 heterocycles. The topological polar surface area (TPSA) is 0 Å². The van der Waals surface area contributed by atoms with E-state index in [1.807, 2.05) is 11.3 Å². The highest BCUT2D eigenvalue weighted by atomic mass is 79.9. The Morgan fingerprint density at radius 2 is 1.65 bits per heavy atom. The van der Waals surface area contributed by atoms with Gasteiger partial charge >= 0.3 is 0 Å². The van der Waals surface area contributed by atoms with E-state index in [-0.39, 0.29) is 0 Å². The first-order valence-electron chi connectivity index (χ1n) is 9.32. The number of allylic oxidation sites excluding steroid dienone is 1. The Hall–Kier alpha value is 0.270. The minimum absolute atomic E-state index is 0.458. The maximum Gasteiger partial charge on any atom is 0.0414 e. The Bertz CT molecular complexity index is 464. The van der Waals surface area contributed by atoms with E-state index in [2.05, 4.69) is 59.1 Å². The zero-order valence-electron chi connectivity index (χ0n) is 14.7. The highest BCUT2D eigenvalue weighted by Crippen LogP contribution is 2.57. The first-order chi connectivity index (χ1) is 11.2. The van der Waals surface area contributed by atoms with Crippen molar-refractivity contribution in [2.24, 2.45) is 0 Å². The van der Waals surface area contributed by atoms with E-state index in [9.17, 15) is 0 Å². The van der Waals surface area contributed by atoms with E-state index >= 15 is 0 Å². The molecular weight excluding hydrogens is 384 g/mol. The molecular formula is C20H31BrS2. The summed E-state index contributed by atoms with van der Waals surface area (Å²) >= 11 is 7.98. The van der Waals surface area contributed by atoms with E-state index in [4.69, 9.17) is 0 Å². The van der Waals surface area contributed by atoms with Gasteiger partial charge in [0.2, 0.25) is 0 Å². The third kappa shape index (κ3) is 5.93. The zero-order valence-corrected chi connectivity index (χ0v) is 17.9. The third-order valence-electron chi connectivity index (χ3n) is 4.76. The fourth-order valence-corrected chi connectivity index (χ4v) is 7.18. The summed E-state index contributed by atoms with van der Waals surface area (Å²) in [5.74, 6) is 0. The first-order valence-corrected chi connectivity index (χ1v) is 11.8. The average molecular weight is 416 g/mol. The Balaban J connectivity index is 1.97. The summed E-state index contributed by atoms with van der Waals surface area (Å²) < 4.78 is 1.91. The van der Waals surface area contributed by atoms with Crippen molar-refractivity contribution in [1.29, 1.82) is 0 Å². The molecule has 0 spiro atoms. The van der Waals surface area contributed by atoms with Gasteiger partial charge in [-0.15, -0.1) is 23.1 Å². The summed E-state index contributed by atoms with van der Waals surface area (Å²) in [7, 11) is 0. The standard InChI is InChI=1S/C20H31BrS2/c1-3-5-7-9-13-20(14-10-8-6-4-2)16-17(21)19(23-20)18-12-11-15-22-18/h11-12,15H,3-10,13-14,16H2,1-2H3. The van der Waals surface area contributed by atoms with Gasteiger partial charge in [-0.2, -0.15) is 0 Å². The quantitative estimate of drug-likeness (QED) is 0.326. The van der Waals surface area contributed by atoms with E-state index < -0.39 is 0 Å². The fraction of sp³-hybridized carbons (Fsp3) is 0.700. The van der Waals surface area contributed by atoms with Crippen molar-refractivity contribution in [3.05, 3.63) is 26.9 Å². The predicted molar refractivity (Wildman–Crippen MR) is 113 cm³/mol. The third-order valence-corrected chi connectivity index (χ3v) is 8.37. The minimum atomic E-state index is 0.458. The predicted octanol–water partition coefficient (Wildman–Crippen LogP) is 8.63. The second kappa shape index (κ2) is 10.3. The number of thiophene rings is 1. The molecule has 3 heteroatoms. The van der Waals surface area contributed by atoms with Gasteiger partial charge in [-0.25, -0.2) is 0 Å². The lowest BCUT2D eigenvalue weighted by atomic mass is 9.90. The Kier molecular flexibility index (Phi) is 8.78. The molecule has 0 aliphatic carbocycles. The molecule has 1 aromatic heterocycles. The summed E-state index contributed by atoms with van der Waals surface area (Å²) in [6, 6.07) is 4.45. The number of hydrogen-bond donors (Lipinski definition) is 0. The van der Waals surface area contributed by atoms with E-state index in [1.54, 1.807) is 0 Å². The van der Waals surface area contributed by atoms with Crippen molar-refractivity contribution >= 4 is 43.9 Å². The summed E-state index contributed by atoms with van der Waals surface area (Å²) in [5, 5.41) is 2.20. The normalized spacial score (nSPS) is 17.2. The monoisotopic (exact) mass is 414 g/mol. The van der Waals surface area contributed by atoms with Gasteiger partial charge in [0.15, 0.2) is 0 Å². The summed E-state index contributed by atoms with van der Waals surface area (Å²) in [4.78, 5) is 2.97. The molecule has 2 rings (SSSR count). The molecule has 130 valence electrons. The average Bonchev–Trinajstić information content (AvgIpc) is 3.17. The Morgan fingerprint density at radius 3 is 2.17 bits per heavy atom. The van der Waals surface area contributed by atoms with Gasteiger partial charge in [0.25, 0.3) is 0 Å². The second-order valence-electron chi connectivity index (χ2n) is 6.79. The maximum absolute atomic E-state index is 3.91. The lowest BCUT2D eigenvalue weighted by Crippen LogP contribution is -2.21. The largest absolute Gasteiger partial charge is 0.143 e. The highest BCUT2D eigenvalue weighted by molar-refractivity contribution is 9.12. The molecule has 0 amide bonds. The lowest BCUT2D eigenvalue weighted by Gasteiger charge is -2.29. The molecule has 1 aliphatic heterocycles. The van der Waals surface area contributed by atoms with Crippen molar-refractivity contribution < 1.29 is 0 Å². The summed E-state index contributed by atoms with van der Waals surface area (Å²) in [6.07, 6.45) is 15.0. The molecule has 0 unspecified atom stereocenters. The van der Waals surface area contributed by atoms with Crippen LogP contribution in [-0.4, -0.2) is 4.75 Å². The van der Waals surface area contributed by atoms with Crippen LogP contribution < -0.4 is 0 Å². The molecule has 0 saturated heterocycles. The molecule has 0 bridgehead atoms. The smallest absolute Gasteiger partial charge is 0.0414 e. The zero-order chi connectivity index (χ0) is 16.5. The van der Waals surface area contributed by atoms with Crippen molar-refractivity contribution in [2.45, 2.75) is 89.2 Å². The molecule has 1 aliphatic rings. The van der Waals surface area contributed by atoms with E-state index in [0.29, 0.717) is 4.75 Å². The van der Waals surface area contributed by atoms with Gasteiger partial charge in [0.1, 0.15) is 0 Å². The van der Waals surface area contributed by atoms with Crippen molar-refractivity contribution in [2.75, 3.05) is 0 Å². The Morgan fingerprint density at radius 1 is 1.00 bits per heavy atom. The summed E-state index contributed by atoms with van der Waals surface area (Å²) in [5.41, 5.74) is 0. The maximum atomic E-state index is 3.91. The van der Waals surface area contributed by atoms with Crippen LogP contribution in [0.4, 0.5) is 0 Å². The SMILES string of the molecule is CCCCCCC1(CCCCCC)CC(Br)=C(c2cccs2)S1. The minimum Gasteiger partial charge on any atom is -0.143 e. The van der Waals surface area contributed by atoms with Crippen LogP contribution in [0.5, 0.6) is 0 Å². The van der Waals surface area contributed by atoms with Gasteiger partial charge in [-0.1, -0.05) is 87.2 Å². The molecule has 0 nitrogen and oxygen atoms in total.